The number of benzene rings is 3. The van der Waals surface area contributed by atoms with Crippen LogP contribution in [-0.2, 0) is 22.6 Å². The third kappa shape index (κ3) is 5.91. The van der Waals surface area contributed by atoms with Gasteiger partial charge in [0.1, 0.15) is 11.9 Å². The largest absolute Gasteiger partial charge is 0.361 e. The lowest BCUT2D eigenvalue weighted by atomic mass is 9.94. The molecule has 0 radical (unpaired) electrons. The molecule has 2 N–H and O–H groups in total. The van der Waals surface area contributed by atoms with Crippen molar-refractivity contribution < 1.29 is 14.0 Å². The van der Waals surface area contributed by atoms with Gasteiger partial charge in [-0.15, -0.1) is 0 Å². The summed E-state index contributed by atoms with van der Waals surface area (Å²) in [5.41, 5.74) is 3.36. The Labute approximate surface area is 216 Å². The number of halogens is 1. The van der Waals surface area contributed by atoms with Gasteiger partial charge in [-0.1, -0.05) is 79.9 Å². The first-order chi connectivity index (χ1) is 18.1. The van der Waals surface area contributed by atoms with Gasteiger partial charge >= 0.3 is 0 Å². The van der Waals surface area contributed by atoms with E-state index in [-0.39, 0.29) is 36.6 Å². The monoisotopic (exact) mass is 497 g/mol. The number of aromatic amines is 1. The van der Waals surface area contributed by atoms with E-state index in [1.54, 1.807) is 17.0 Å². The number of rotatable bonds is 8. The summed E-state index contributed by atoms with van der Waals surface area (Å²) in [5, 5.41) is 4.20. The number of hydrogen-bond donors (Lipinski definition) is 2. The zero-order valence-corrected chi connectivity index (χ0v) is 20.8. The minimum atomic E-state index is -0.875. The molecule has 2 amide bonds. The third-order valence-electron chi connectivity index (χ3n) is 7.23. The summed E-state index contributed by atoms with van der Waals surface area (Å²) in [5.74, 6) is -0.765. The molecule has 0 bridgehead atoms. The molecule has 1 aromatic heterocycles. The molecule has 190 valence electrons. The number of carbonyl (C=O) groups is 2. The van der Waals surface area contributed by atoms with Gasteiger partial charge in [-0.25, -0.2) is 4.39 Å². The fraction of sp³-hybridized carbons (Fsp3) is 0.290. The molecule has 37 heavy (non-hydrogen) atoms. The Morgan fingerprint density at radius 1 is 0.919 bits per heavy atom. The standard InChI is InChI=1S/C31H32FN3O2/c32-25-17-15-23(16-18-25)30(31(37)34-26-11-5-2-6-12-26)35(21-22-9-3-1-4-10-22)29(36)19-24-20-33-28-14-8-7-13-27(24)28/h1,3-4,7-10,13-18,20,26,30,33H,2,5-6,11-12,19,21H2,(H,34,37)/t30-/m0/s1. The number of fused-ring (bicyclic) bond motifs is 1. The minimum Gasteiger partial charge on any atom is -0.361 e. The smallest absolute Gasteiger partial charge is 0.247 e. The predicted molar refractivity (Wildman–Crippen MR) is 143 cm³/mol. The van der Waals surface area contributed by atoms with E-state index in [0.717, 1.165) is 47.7 Å². The highest BCUT2D eigenvalue weighted by atomic mass is 19.1. The van der Waals surface area contributed by atoms with Crippen LogP contribution >= 0.6 is 0 Å². The Morgan fingerprint density at radius 3 is 2.38 bits per heavy atom. The summed E-state index contributed by atoms with van der Waals surface area (Å²) in [6.07, 6.45) is 7.22. The predicted octanol–water partition coefficient (Wildman–Crippen LogP) is 6.07. The molecule has 1 atom stereocenters. The maximum Gasteiger partial charge on any atom is 0.247 e. The van der Waals surface area contributed by atoms with Crippen LogP contribution in [0, 0.1) is 5.82 Å². The number of amides is 2. The fourth-order valence-corrected chi connectivity index (χ4v) is 5.29. The average Bonchev–Trinajstić information content (AvgIpc) is 3.33. The van der Waals surface area contributed by atoms with Crippen LogP contribution in [0.2, 0.25) is 0 Å². The zero-order chi connectivity index (χ0) is 25.6. The number of aromatic nitrogens is 1. The molecule has 1 aliphatic rings. The third-order valence-corrected chi connectivity index (χ3v) is 7.23. The van der Waals surface area contributed by atoms with Crippen LogP contribution in [0.25, 0.3) is 10.9 Å². The van der Waals surface area contributed by atoms with Gasteiger partial charge < -0.3 is 15.2 Å². The molecule has 0 unspecified atom stereocenters. The molecular weight excluding hydrogens is 465 g/mol. The topological polar surface area (TPSA) is 65.2 Å². The van der Waals surface area contributed by atoms with Gasteiger partial charge in [0.05, 0.1) is 6.42 Å². The van der Waals surface area contributed by atoms with Crippen molar-refractivity contribution in [2.75, 3.05) is 0 Å². The zero-order valence-electron chi connectivity index (χ0n) is 20.8. The van der Waals surface area contributed by atoms with E-state index < -0.39 is 6.04 Å². The SMILES string of the molecule is O=C(NC1CCCCC1)[C@H](c1ccc(F)cc1)N(Cc1ccccc1)C(=O)Cc1c[nH]c2ccccc12. The van der Waals surface area contributed by atoms with E-state index in [0.29, 0.717) is 5.56 Å². The quantitative estimate of drug-likeness (QED) is 0.310. The van der Waals surface area contributed by atoms with Gasteiger partial charge in [0, 0.05) is 29.7 Å². The fourth-order valence-electron chi connectivity index (χ4n) is 5.29. The molecule has 1 heterocycles. The minimum absolute atomic E-state index is 0.0893. The summed E-state index contributed by atoms with van der Waals surface area (Å²) in [6, 6.07) is 22.7. The first kappa shape index (κ1) is 24.8. The normalized spacial score (nSPS) is 14.8. The van der Waals surface area contributed by atoms with Crippen molar-refractivity contribution in [2.45, 2.75) is 57.2 Å². The summed E-state index contributed by atoms with van der Waals surface area (Å²) in [7, 11) is 0. The summed E-state index contributed by atoms with van der Waals surface area (Å²) in [4.78, 5) is 32.7. The maximum absolute atomic E-state index is 14.0. The Hall–Kier alpha value is -3.93. The molecule has 1 fully saturated rings. The van der Waals surface area contributed by atoms with Crippen LogP contribution in [0.3, 0.4) is 0 Å². The Bertz CT molecular complexity index is 1340. The van der Waals surface area contributed by atoms with Crippen LogP contribution in [0.1, 0.15) is 54.8 Å². The lowest BCUT2D eigenvalue weighted by molar-refractivity contribution is -0.141. The maximum atomic E-state index is 14.0. The number of hydrogen-bond acceptors (Lipinski definition) is 2. The highest BCUT2D eigenvalue weighted by molar-refractivity contribution is 5.92. The number of carbonyl (C=O) groups excluding carboxylic acids is 2. The van der Waals surface area contributed by atoms with Gasteiger partial charge in [-0.3, -0.25) is 9.59 Å². The number of para-hydroxylation sites is 1. The number of H-pyrrole nitrogens is 1. The Balaban J connectivity index is 1.50. The molecule has 0 aliphatic heterocycles. The lowest BCUT2D eigenvalue weighted by Crippen LogP contribution is -2.47. The van der Waals surface area contributed by atoms with Crippen LogP contribution < -0.4 is 5.32 Å². The molecule has 3 aromatic carbocycles. The molecule has 1 saturated carbocycles. The lowest BCUT2D eigenvalue weighted by Gasteiger charge is -2.33. The second-order valence-corrected chi connectivity index (χ2v) is 9.84. The van der Waals surface area contributed by atoms with Crippen molar-refractivity contribution in [2.24, 2.45) is 0 Å². The highest BCUT2D eigenvalue weighted by Gasteiger charge is 2.33. The van der Waals surface area contributed by atoms with Crippen molar-refractivity contribution in [1.82, 2.24) is 15.2 Å². The second-order valence-electron chi connectivity index (χ2n) is 9.84. The first-order valence-electron chi connectivity index (χ1n) is 13.0. The van der Waals surface area contributed by atoms with E-state index in [1.165, 1.54) is 18.6 Å². The molecule has 5 rings (SSSR count). The van der Waals surface area contributed by atoms with Crippen LogP contribution in [-0.4, -0.2) is 27.7 Å². The molecule has 0 spiro atoms. The van der Waals surface area contributed by atoms with E-state index in [4.69, 9.17) is 0 Å². The van der Waals surface area contributed by atoms with E-state index in [2.05, 4.69) is 10.3 Å². The first-order valence-corrected chi connectivity index (χ1v) is 13.0. The Kier molecular flexibility index (Phi) is 7.64. The van der Waals surface area contributed by atoms with Crippen molar-refractivity contribution >= 4 is 22.7 Å². The van der Waals surface area contributed by atoms with Crippen molar-refractivity contribution in [3.05, 3.63) is 108 Å². The van der Waals surface area contributed by atoms with Crippen molar-refractivity contribution in [3.63, 3.8) is 0 Å². The van der Waals surface area contributed by atoms with Gasteiger partial charge in [0.25, 0.3) is 0 Å². The molecular formula is C31H32FN3O2. The van der Waals surface area contributed by atoms with Gasteiger partial charge in [0.15, 0.2) is 0 Å². The van der Waals surface area contributed by atoms with Crippen LogP contribution in [0.15, 0.2) is 85.1 Å². The molecule has 5 nitrogen and oxygen atoms in total. The molecule has 0 saturated heterocycles. The van der Waals surface area contributed by atoms with Crippen LogP contribution in [0.5, 0.6) is 0 Å². The van der Waals surface area contributed by atoms with Crippen molar-refractivity contribution in [1.29, 1.82) is 0 Å². The molecule has 1 aliphatic carbocycles. The van der Waals surface area contributed by atoms with Crippen LogP contribution in [0.4, 0.5) is 4.39 Å². The Morgan fingerprint density at radius 2 is 1.62 bits per heavy atom. The molecule has 4 aromatic rings. The van der Waals surface area contributed by atoms with Gasteiger partial charge in [-0.2, -0.15) is 0 Å². The summed E-state index contributed by atoms with van der Waals surface area (Å²) in [6.45, 7) is 0.266. The summed E-state index contributed by atoms with van der Waals surface area (Å²) >= 11 is 0. The van der Waals surface area contributed by atoms with Crippen molar-refractivity contribution in [3.8, 4) is 0 Å². The summed E-state index contributed by atoms with van der Waals surface area (Å²) < 4.78 is 13.8. The van der Waals surface area contributed by atoms with E-state index in [9.17, 15) is 14.0 Å². The second kappa shape index (κ2) is 11.4. The average molecular weight is 498 g/mol. The van der Waals surface area contributed by atoms with Gasteiger partial charge in [-0.05, 0) is 47.7 Å². The number of nitrogens with one attached hydrogen (secondary N) is 2. The molecule has 6 heteroatoms. The van der Waals surface area contributed by atoms with E-state index in [1.807, 2.05) is 60.8 Å². The highest BCUT2D eigenvalue weighted by Crippen LogP contribution is 2.28. The van der Waals surface area contributed by atoms with Gasteiger partial charge in [0.2, 0.25) is 11.8 Å². The number of nitrogens with zero attached hydrogens (tertiary/aromatic N) is 1. The van der Waals surface area contributed by atoms with E-state index >= 15 is 0 Å².